The molecule has 0 radical (unpaired) electrons. The number of hydrogen-bond acceptors (Lipinski definition) is 3. The van der Waals surface area contributed by atoms with Gasteiger partial charge < -0.3 is 15.0 Å². The van der Waals surface area contributed by atoms with Crippen LogP contribution >= 0.6 is 0 Å². The summed E-state index contributed by atoms with van der Waals surface area (Å²) in [6.45, 7) is 4.33. The van der Waals surface area contributed by atoms with Gasteiger partial charge in [-0.05, 0) is 43.7 Å². The first-order chi connectivity index (χ1) is 13.5. The fourth-order valence-electron chi connectivity index (χ4n) is 5.90. The normalized spacial score (nSPS) is 31.0. The number of carbonyl (C=O) groups is 2. The van der Waals surface area contributed by atoms with Gasteiger partial charge in [-0.2, -0.15) is 0 Å². The zero-order valence-corrected chi connectivity index (χ0v) is 16.7. The molecule has 2 atom stereocenters. The summed E-state index contributed by atoms with van der Waals surface area (Å²) in [5.74, 6) is 0.448. The molecule has 5 heteroatoms. The van der Waals surface area contributed by atoms with Gasteiger partial charge in [-0.1, -0.05) is 37.1 Å². The van der Waals surface area contributed by atoms with E-state index in [0.717, 1.165) is 25.7 Å². The first-order valence-electron chi connectivity index (χ1n) is 10.8. The zero-order valence-electron chi connectivity index (χ0n) is 16.7. The third-order valence-corrected chi connectivity index (χ3v) is 7.66. The lowest BCUT2D eigenvalue weighted by Gasteiger charge is -2.33. The van der Waals surface area contributed by atoms with E-state index >= 15 is 0 Å². The van der Waals surface area contributed by atoms with E-state index in [2.05, 4.69) is 24.4 Å². The molecule has 5 rings (SSSR count). The van der Waals surface area contributed by atoms with Gasteiger partial charge in [0, 0.05) is 30.5 Å². The van der Waals surface area contributed by atoms with Crippen molar-refractivity contribution in [1.29, 1.82) is 0 Å². The highest BCUT2D eigenvalue weighted by atomic mass is 16.5. The van der Waals surface area contributed by atoms with Crippen LogP contribution in [0, 0.1) is 17.3 Å². The van der Waals surface area contributed by atoms with Crippen LogP contribution in [0.2, 0.25) is 0 Å². The van der Waals surface area contributed by atoms with Crippen molar-refractivity contribution in [3.05, 3.63) is 35.4 Å². The molecule has 2 aliphatic heterocycles. The van der Waals surface area contributed by atoms with Gasteiger partial charge in [0.25, 0.3) is 0 Å². The van der Waals surface area contributed by atoms with Crippen molar-refractivity contribution in [3.63, 3.8) is 0 Å². The molecule has 5 nitrogen and oxygen atoms in total. The van der Waals surface area contributed by atoms with Crippen LogP contribution in [-0.4, -0.2) is 48.6 Å². The molecule has 0 aromatic heterocycles. The lowest BCUT2D eigenvalue weighted by Crippen LogP contribution is -2.54. The lowest BCUT2D eigenvalue weighted by molar-refractivity contribution is -0.137. The second-order valence-corrected chi connectivity index (χ2v) is 9.68. The third-order valence-electron chi connectivity index (χ3n) is 7.66. The predicted octanol–water partition coefficient (Wildman–Crippen LogP) is 2.33. The van der Waals surface area contributed by atoms with Crippen molar-refractivity contribution in [2.75, 3.05) is 26.3 Å². The minimum Gasteiger partial charge on any atom is -0.380 e. The molecule has 0 bridgehead atoms. The molecule has 3 fully saturated rings. The van der Waals surface area contributed by atoms with E-state index in [-0.39, 0.29) is 29.2 Å². The number of carbonyl (C=O) groups excluding carboxylic acids is 2. The van der Waals surface area contributed by atoms with Gasteiger partial charge in [0.2, 0.25) is 11.8 Å². The van der Waals surface area contributed by atoms with Gasteiger partial charge in [0.05, 0.1) is 18.6 Å². The van der Waals surface area contributed by atoms with E-state index in [9.17, 15) is 9.59 Å². The average Bonchev–Trinajstić information content (AvgIpc) is 3.42. The summed E-state index contributed by atoms with van der Waals surface area (Å²) in [6, 6.07) is 8.36. The smallest absolute Gasteiger partial charge is 0.231 e. The Morgan fingerprint density at radius 2 is 1.82 bits per heavy atom. The molecule has 4 aliphatic rings. The number of ether oxygens (including phenoxy) is 1. The van der Waals surface area contributed by atoms with E-state index in [1.807, 2.05) is 17.0 Å². The summed E-state index contributed by atoms with van der Waals surface area (Å²) in [5, 5.41) is 3.35. The Labute approximate surface area is 166 Å². The summed E-state index contributed by atoms with van der Waals surface area (Å²) in [7, 11) is 0. The van der Waals surface area contributed by atoms with Crippen LogP contribution in [0.25, 0.3) is 0 Å². The van der Waals surface area contributed by atoms with Crippen LogP contribution in [0.3, 0.4) is 0 Å². The Morgan fingerprint density at radius 1 is 1.14 bits per heavy atom. The SMILES string of the molecule is CC1(NC(=O)[C@]23COC[C@H]2CN(C(=O)C2Cc4ccccc4C2)C3)CCCC1. The highest BCUT2D eigenvalue weighted by Crippen LogP contribution is 2.44. The van der Waals surface area contributed by atoms with Crippen LogP contribution in [0.5, 0.6) is 0 Å². The Bertz CT molecular complexity index is 776. The number of amides is 2. The topological polar surface area (TPSA) is 58.6 Å². The number of rotatable bonds is 3. The fourth-order valence-corrected chi connectivity index (χ4v) is 5.90. The standard InChI is InChI=1S/C23H30N2O3/c1-22(8-4-5-9-22)24-21(27)23-14-25(12-19(23)13-28-15-23)20(26)18-10-16-6-2-3-7-17(16)11-18/h2-3,6-7,18-19H,4-5,8-15H2,1H3,(H,24,27)/t19-,23-/m1/s1. The van der Waals surface area contributed by atoms with E-state index in [4.69, 9.17) is 4.74 Å². The van der Waals surface area contributed by atoms with Crippen molar-refractivity contribution in [1.82, 2.24) is 10.2 Å². The van der Waals surface area contributed by atoms with Gasteiger partial charge in [-0.3, -0.25) is 9.59 Å². The third kappa shape index (κ3) is 2.86. The summed E-state index contributed by atoms with van der Waals surface area (Å²) >= 11 is 0. The minimum absolute atomic E-state index is 0.0182. The molecule has 1 aromatic carbocycles. The molecule has 28 heavy (non-hydrogen) atoms. The number of nitrogens with zero attached hydrogens (tertiary/aromatic N) is 1. The second-order valence-electron chi connectivity index (χ2n) is 9.68. The highest BCUT2D eigenvalue weighted by Gasteiger charge is 2.58. The average molecular weight is 383 g/mol. The number of nitrogens with one attached hydrogen (secondary N) is 1. The van der Waals surface area contributed by atoms with Gasteiger partial charge in [-0.25, -0.2) is 0 Å². The molecular weight excluding hydrogens is 352 g/mol. The maximum Gasteiger partial charge on any atom is 0.231 e. The van der Waals surface area contributed by atoms with Crippen LogP contribution in [0.1, 0.15) is 43.7 Å². The Kier molecular flexibility index (Phi) is 4.27. The molecule has 150 valence electrons. The van der Waals surface area contributed by atoms with Gasteiger partial charge >= 0.3 is 0 Å². The second kappa shape index (κ2) is 6.58. The van der Waals surface area contributed by atoms with Crippen LogP contribution in [-0.2, 0) is 27.2 Å². The molecule has 2 saturated heterocycles. The van der Waals surface area contributed by atoms with E-state index in [1.54, 1.807) is 0 Å². The number of likely N-dealkylation sites (tertiary alicyclic amines) is 1. The largest absolute Gasteiger partial charge is 0.380 e. The number of benzene rings is 1. The van der Waals surface area contributed by atoms with E-state index in [0.29, 0.717) is 26.3 Å². The summed E-state index contributed by atoms with van der Waals surface area (Å²) in [6.07, 6.45) is 6.09. The predicted molar refractivity (Wildman–Crippen MR) is 106 cm³/mol. The van der Waals surface area contributed by atoms with Crippen LogP contribution in [0.4, 0.5) is 0 Å². The Balaban J connectivity index is 1.30. The van der Waals surface area contributed by atoms with Crippen molar-refractivity contribution in [3.8, 4) is 0 Å². The van der Waals surface area contributed by atoms with Crippen molar-refractivity contribution in [2.24, 2.45) is 17.3 Å². The summed E-state index contributed by atoms with van der Waals surface area (Å²) in [5.41, 5.74) is 1.94. The zero-order chi connectivity index (χ0) is 19.4. The van der Waals surface area contributed by atoms with E-state index in [1.165, 1.54) is 24.0 Å². The number of hydrogen-bond donors (Lipinski definition) is 1. The molecule has 2 amide bonds. The molecule has 0 spiro atoms. The highest BCUT2D eigenvalue weighted by molar-refractivity contribution is 5.87. The van der Waals surface area contributed by atoms with E-state index < -0.39 is 5.41 Å². The van der Waals surface area contributed by atoms with Crippen molar-refractivity contribution >= 4 is 11.8 Å². The molecule has 1 aromatic rings. The van der Waals surface area contributed by atoms with Gasteiger partial charge in [-0.15, -0.1) is 0 Å². The molecule has 2 heterocycles. The molecule has 0 unspecified atom stereocenters. The maximum absolute atomic E-state index is 13.3. The lowest BCUT2D eigenvalue weighted by atomic mass is 9.79. The Morgan fingerprint density at radius 3 is 2.50 bits per heavy atom. The van der Waals surface area contributed by atoms with Gasteiger partial charge in [0.15, 0.2) is 0 Å². The van der Waals surface area contributed by atoms with Crippen molar-refractivity contribution in [2.45, 2.75) is 51.0 Å². The van der Waals surface area contributed by atoms with Crippen LogP contribution in [0.15, 0.2) is 24.3 Å². The fraction of sp³-hybridized carbons (Fsp3) is 0.652. The molecule has 2 aliphatic carbocycles. The maximum atomic E-state index is 13.3. The molecular formula is C23H30N2O3. The minimum atomic E-state index is -0.563. The quantitative estimate of drug-likeness (QED) is 0.873. The summed E-state index contributed by atoms with van der Waals surface area (Å²) < 4.78 is 5.74. The van der Waals surface area contributed by atoms with Crippen LogP contribution < -0.4 is 5.32 Å². The Hall–Kier alpha value is -1.88. The monoisotopic (exact) mass is 382 g/mol. The first-order valence-corrected chi connectivity index (χ1v) is 10.8. The summed E-state index contributed by atoms with van der Waals surface area (Å²) in [4.78, 5) is 28.6. The van der Waals surface area contributed by atoms with Gasteiger partial charge in [0.1, 0.15) is 0 Å². The first kappa shape index (κ1) is 18.2. The molecule has 1 saturated carbocycles. The molecule has 1 N–H and O–H groups in total. The van der Waals surface area contributed by atoms with Crippen molar-refractivity contribution < 1.29 is 14.3 Å². The number of fused-ring (bicyclic) bond motifs is 2.